The molecule has 5 nitrogen and oxygen atoms in total. The van der Waals surface area contributed by atoms with E-state index in [1.54, 1.807) is 19.2 Å². The van der Waals surface area contributed by atoms with Gasteiger partial charge in [0.15, 0.2) is 5.82 Å². The highest BCUT2D eigenvalue weighted by molar-refractivity contribution is 5.97. The molecule has 1 amide bonds. The second-order valence-electron chi connectivity index (χ2n) is 6.74. The topological polar surface area (TPSA) is 67.0 Å². The quantitative estimate of drug-likeness (QED) is 0.471. The Balaban J connectivity index is 1.65. The second kappa shape index (κ2) is 8.32. The largest absolute Gasteiger partial charge is 0.497 e. The summed E-state index contributed by atoms with van der Waals surface area (Å²) in [5.74, 6) is -0.0193. The van der Waals surface area contributed by atoms with Crippen molar-refractivity contribution in [2.45, 2.75) is 12.5 Å². The average Bonchev–Trinajstić information content (AvgIpc) is 3.22. The fourth-order valence-corrected chi connectivity index (χ4v) is 3.29. The van der Waals surface area contributed by atoms with Crippen LogP contribution in [0.4, 0.5) is 8.78 Å². The molecule has 0 bridgehead atoms. The summed E-state index contributed by atoms with van der Waals surface area (Å²) >= 11 is 0. The summed E-state index contributed by atoms with van der Waals surface area (Å²) in [6, 6.07) is 21.3. The van der Waals surface area contributed by atoms with E-state index in [1.165, 1.54) is 6.07 Å². The fraction of sp³-hybridized carbons (Fsp3) is 0.130. The third-order valence-electron chi connectivity index (χ3n) is 4.83. The van der Waals surface area contributed by atoms with Crippen molar-refractivity contribution in [3.05, 3.63) is 95.3 Å². The van der Waals surface area contributed by atoms with Crippen LogP contribution in [0.2, 0.25) is 0 Å². The first-order chi connectivity index (χ1) is 14.5. The average molecular weight is 407 g/mol. The maximum Gasteiger partial charge on any atom is 0.295 e. The highest BCUT2D eigenvalue weighted by Crippen LogP contribution is 2.25. The number of hydrogen-bond donors (Lipinski definition) is 2. The van der Waals surface area contributed by atoms with Gasteiger partial charge in [-0.3, -0.25) is 4.79 Å². The van der Waals surface area contributed by atoms with Gasteiger partial charge in [-0.05, 0) is 41.5 Å². The Morgan fingerprint density at radius 3 is 2.37 bits per heavy atom. The van der Waals surface area contributed by atoms with Gasteiger partial charge < -0.3 is 15.0 Å². The third kappa shape index (κ3) is 4.00. The molecule has 2 N–H and O–H groups in total. The van der Waals surface area contributed by atoms with Gasteiger partial charge >= 0.3 is 0 Å². The second-order valence-corrected chi connectivity index (χ2v) is 6.74. The standard InChI is InChI=1S/C23H19F2N3O2/c1-30-17-10-7-15(8-11-17)20(14-5-3-2-4-6-14)28-23(29)16-9-12-18-19(13-16)27-22(26-18)21(24)25/h2-13,20-21H,1H3,(H,26,27)(H,28,29). The Bertz CT molecular complexity index is 1160. The number of nitrogens with zero attached hydrogens (tertiary/aromatic N) is 1. The van der Waals surface area contributed by atoms with Gasteiger partial charge in [-0.1, -0.05) is 42.5 Å². The third-order valence-corrected chi connectivity index (χ3v) is 4.83. The van der Waals surface area contributed by atoms with E-state index in [4.69, 9.17) is 4.74 Å². The molecule has 0 aliphatic carbocycles. The predicted octanol–water partition coefficient (Wildman–Crippen LogP) is 5.03. The number of amides is 1. The number of fused-ring (bicyclic) bond motifs is 1. The van der Waals surface area contributed by atoms with Gasteiger partial charge in [0.1, 0.15) is 5.75 Å². The lowest BCUT2D eigenvalue weighted by Gasteiger charge is -2.20. The van der Waals surface area contributed by atoms with Crippen molar-refractivity contribution in [3.63, 3.8) is 0 Å². The van der Waals surface area contributed by atoms with Crippen LogP contribution >= 0.6 is 0 Å². The van der Waals surface area contributed by atoms with Gasteiger partial charge in [-0.15, -0.1) is 0 Å². The Kier molecular flexibility index (Phi) is 5.43. The molecule has 0 radical (unpaired) electrons. The number of ether oxygens (including phenoxy) is 1. The van der Waals surface area contributed by atoms with Crippen LogP contribution in [0.1, 0.15) is 39.8 Å². The Labute approximate surface area is 171 Å². The molecule has 7 heteroatoms. The molecule has 1 unspecified atom stereocenters. The summed E-state index contributed by atoms with van der Waals surface area (Å²) in [4.78, 5) is 19.4. The maximum absolute atomic E-state index is 13.0. The first-order valence-corrected chi connectivity index (χ1v) is 9.32. The zero-order valence-corrected chi connectivity index (χ0v) is 16.1. The number of aromatic amines is 1. The Morgan fingerprint density at radius 2 is 1.70 bits per heavy atom. The first-order valence-electron chi connectivity index (χ1n) is 9.32. The highest BCUT2D eigenvalue weighted by Gasteiger charge is 2.19. The maximum atomic E-state index is 13.0. The number of imidazole rings is 1. The van der Waals surface area contributed by atoms with E-state index in [9.17, 15) is 13.6 Å². The summed E-state index contributed by atoms with van der Waals surface area (Å²) in [6.07, 6.45) is -2.70. The van der Waals surface area contributed by atoms with Crippen LogP contribution in [0.5, 0.6) is 5.75 Å². The number of alkyl halides is 2. The lowest BCUT2D eigenvalue weighted by atomic mass is 9.98. The van der Waals surface area contributed by atoms with E-state index < -0.39 is 18.3 Å². The minimum Gasteiger partial charge on any atom is -0.497 e. The molecule has 0 saturated heterocycles. The summed E-state index contributed by atoms with van der Waals surface area (Å²) in [6.45, 7) is 0. The highest BCUT2D eigenvalue weighted by atomic mass is 19.3. The van der Waals surface area contributed by atoms with Crippen molar-refractivity contribution in [1.82, 2.24) is 15.3 Å². The number of halogens is 2. The van der Waals surface area contributed by atoms with Gasteiger partial charge in [-0.2, -0.15) is 0 Å². The molecule has 3 aromatic carbocycles. The number of carbonyl (C=O) groups is 1. The minimum atomic E-state index is -2.70. The van der Waals surface area contributed by atoms with Crippen molar-refractivity contribution < 1.29 is 18.3 Å². The molecule has 4 aromatic rings. The van der Waals surface area contributed by atoms with E-state index >= 15 is 0 Å². The molecular formula is C23H19F2N3O2. The molecule has 0 fully saturated rings. The van der Waals surface area contributed by atoms with E-state index in [-0.39, 0.29) is 5.91 Å². The van der Waals surface area contributed by atoms with Crippen LogP contribution in [0.3, 0.4) is 0 Å². The fourth-order valence-electron chi connectivity index (χ4n) is 3.29. The van der Waals surface area contributed by atoms with Crippen LogP contribution in [-0.4, -0.2) is 23.0 Å². The molecule has 0 spiro atoms. The molecule has 1 heterocycles. The molecule has 1 aromatic heterocycles. The monoisotopic (exact) mass is 407 g/mol. The predicted molar refractivity (Wildman–Crippen MR) is 110 cm³/mol. The van der Waals surface area contributed by atoms with Crippen LogP contribution in [0.25, 0.3) is 11.0 Å². The van der Waals surface area contributed by atoms with E-state index in [1.807, 2.05) is 54.6 Å². The number of rotatable bonds is 6. The van der Waals surface area contributed by atoms with Crippen LogP contribution in [0, 0.1) is 0 Å². The normalized spacial score (nSPS) is 12.1. The van der Waals surface area contributed by atoms with Gasteiger partial charge in [0.05, 0.1) is 24.2 Å². The molecule has 30 heavy (non-hydrogen) atoms. The smallest absolute Gasteiger partial charge is 0.295 e. The van der Waals surface area contributed by atoms with Crippen LogP contribution in [-0.2, 0) is 0 Å². The van der Waals surface area contributed by atoms with Gasteiger partial charge in [-0.25, -0.2) is 13.8 Å². The summed E-state index contributed by atoms with van der Waals surface area (Å²) in [7, 11) is 1.59. The van der Waals surface area contributed by atoms with Crippen molar-refractivity contribution in [1.29, 1.82) is 0 Å². The van der Waals surface area contributed by atoms with E-state index in [0.29, 0.717) is 16.6 Å². The van der Waals surface area contributed by atoms with Crippen LogP contribution in [0.15, 0.2) is 72.8 Å². The minimum absolute atomic E-state index is 0.324. The zero-order valence-electron chi connectivity index (χ0n) is 16.1. The van der Waals surface area contributed by atoms with Gasteiger partial charge in [0.25, 0.3) is 12.3 Å². The molecule has 0 saturated carbocycles. The number of aromatic nitrogens is 2. The summed E-state index contributed by atoms with van der Waals surface area (Å²) in [5, 5.41) is 3.04. The van der Waals surface area contributed by atoms with Gasteiger partial charge in [0, 0.05) is 5.56 Å². The molecule has 0 aliphatic heterocycles. The van der Waals surface area contributed by atoms with Crippen molar-refractivity contribution in [2.75, 3.05) is 7.11 Å². The summed E-state index contributed by atoms with van der Waals surface area (Å²) in [5.41, 5.74) is 2.92. The molecule has 4 rings (SSSR count). The van der Waals surface area contributed by atoms with Gasteiger partial charge in [0.2, 0.25) is 0 Å². The molecular weight excluding hydrogens is 388 g/mol. The van der Waals surface area contributed by atoms with E-state index in [2.05, 4.69) is 15.3 Å². The van der Waals surface area contributed by atoms with Crippen molar-refractivity contribution >= 4 is 16.9 Å². The Morgan fingerprint density at radius 1 is 1.00 bits per heavy atom. The van der Waals surface area contributed by atoms with Crippen LogP contribution < -0.4 is 10.1 Å². The number of carbonyl (C=O) groups excluding carboxylic acids is 1. The number of nitrogens with one attached hydrogen (secondary N) is 2. The lowest BCUT2D eigenvalue weighted by molar-refractivity contribution is 0.0943. The summed E-state index contributed by atoms with van der Waals surface area (Å²) < 4.78 is 31.0. The number of methoxy groups -OCH3 is 1. The Hall–Kier alpha value is -3.74. The zero-order chi connectivity index (χ0) is 21.1. The number of hydrogen-bond acceptors (Lipinski definition) is 3. The molecule has 1 atom stereocenters. The van der Waals surface area contributed by atoms with E-state index in [0.717, 1.165) is 16.9 Å². The van der Waals surface area contributed by atoms with Crippen molar-refractivity contribution in [2.24, 2.45) is 0 Å². The first kappa shape index (κ1) is 19.6. The SMILES string of the molecule is COc1ccc(C(NC(=O)c2ccc3nc(C(F)F)[nH]c3c2)c2ccccc2)cc1. The molecule has 0 aliphatic rings. The molecule has 152 valence electrons. The number of H-pyrrole nitrogens is 1. The van der Waals surface area contributed by atoms with Crippen molar-refractivity contribution in [3.8, 4) is 5.75 Å². The lowest BCUT2D eigenvalue weighted by Crippen LogP contribution is -2.29. The number of benzene rings is 3.